The second kappa shape index (κ2) is 2.65. The van der Waals surface area contributed by atoms with Crippen LogP contribution in [0.25, 0.3) is 0 Å². The van der Waals surface area contributed by atoms with Crippen molar-refractivity contribution in [2.75, 3.05) is 13.7 Å². The summed E-state index contributed by atoms with van der Waals surface area (Å²) in [4.78, 5) is 21.5. The standard InChI is InChI=1S/C5H7NO5/c1-6(4(7)8)3-2-10-5(9)11-3/h3H,2H2,1H3,(H,7,8). The maximum atomic E-state index is 10.3. The zero-order valence-corrected chi connectivity index (χ0v) is 5.81. The van der Waals surface area contributed by atoms with Crippen molar-refractivity contribution in [3.05, 3.63) is 0 Å². The van der Waals surface area contributed by atoms with Crippen molar-refractivity contribution >= 4 is 12.2 Å². The molecule has 6 nitrogen and oxygen atoms in total. The first-order valence-electron chi connectivity index (χ1n) is 2.90. The Balaban J connectivity index is 2.49. The summed E-state index contributed by atoms with van der Waals surface area (Å²) >= 11 is 0. The molecule has 1 amide bonds. The quantitative estimate of drug-likeness (QED) is 0.551. The highest BCUT2D eigenvalue weighted by molar-refractivity contribution is 5.67. The summed E-state index contributed by atoms with van der Waals surface area (Å²) in [7, 11) is 1.30. The molecule has 6 heteroatoms. The van der Waals surface area contributed by atoms with Crippen LogP contribution in [-0.4, -0.2) is 42.1 Å². The molecule has 1 N–H and O–H groups in total. The Morgan fingerprint density at radius 2 is 2.45 bits per heavy atom. The molecule has 0 aliphatic carbocycles. The van der Waals surface area contributed by atoms with Gasteiger partial charge in [0.1, 0.15) is 0 Å². The normalized spacial score (nSPS) is 22.3. The number of carbonyl (C=O) groups is 2. The summed E-state index contributed by atoms with van der Waals surface area (Å²) < 4.78 is 8.84. The molecule has 1 rings (SSSR count). The number of hydrogen-bond donors (Lipinski definition) is 1. The van der Waals surface area contributed by atoms with Gasteiger partial charge < -0.3 is 14.6 Å². The smallest absolute Gasteiger partial charge is 0.465 e. The molecular weight excluding hydrogens is 154 g/mol. The van der Waals surface area contributed by atoms with Crippen molar-refractivity contribution in [1.82, 2.24) is 4.90 Å². The predicted octanol–water partition coefficient (Wildman–Crippen LogP) is 0.0891. The number of amides is 1. The minimum atomic E-state index is -1.16. The third-order valence-corrected chi connectivity index (χ3v) is 1.31. The van der Waals surface area contributed by atoms with Crippen molar-refractivity contribution in [2.45, 2.75) is 6.23 Å². The Morgan fingerprint density at radius 1 is 1.82 bits per heavy atom. The van der Waals surface area contributed by atoms with E-state index in [2.05, 4.69) is 9.47 Å². The third kappa shape index (κ3) is 1.51. The Hall–Kier alpha value is -1.46. The summed E-state index contributed by atoms with van der Waals surface area (Å²) in [6.45, 7) is -0.0400. The van der Waals surface area contributed by atoms with Crippen LogP contribution in [0.5, 0.6) is 0 Å². The number of ether oxygens (including phenoxy) is 2. The van der Waals surface area contributed by atoms with E-state index < -0.39 is 18.5 Å². The number of likely N-dealkylation sites (N-methyl/N-ethyl adjacent to an activating group) is 1. The molecule has 0 radical (unpaired) electrons. The van der Waals surface area contributed by atoms with Crippen molar-refractivity contribution in [3.63, 3.8) is 0 Å². The zero-order chi connectivity index (χ0) is 8.43. The molecule has 0 aromatic rings. The van der Waals surface area contributed by atoms with E-state index in [9.17, 15) is 9.59 Å². The van der Waals surface area contributed by atoms with Crippen LogP contribution in [0.3, 0.4) is 0 Å². The monoisotopic (exact) mass is 161 g/mol. The van der Waals surface area contributed by atoms with Gasteiger partial charge in [-0.3, -0.25) is 4.90 Å². The summed E-state index contributed by atoms with van der Waals surface area (Å²) in [6, 6.07) is 0. The fourth-order valence-electron chi connectivity index (χ4n) is 0.632. The predicted molar refractivity (Wildman–Crippen MR) is 32.0 cm³/mol. The fourth-order valence-corrected chi connectivity index (χ4v) is 0.632. The summed E-state index contributed by atoms with van der Waals surface area (Å²) in [6.07, 6.45) is -2.80. The van der Waals surface area contributed by atoms with Crippen molar-refractivity contribution in [3.8, 4) is 0 Å². The van der Waals surface area contributed by atoms with Crippen LogP contribution < -0.4 is 0 Å². The number of cyclic esters (lactones) is 2. The van der Waals surface area contributed by atoms with Crippen molar-refractivity contribution < 1.29 is 24.2 Å². The van der Waals surface area contributed by atoms with Gasteiger partial charge in [0.05, 0.1) is 0 Å². The average Bonchev–Trinajstić information content (AvgIpc) is 2.34. The van der Waals surface area contributed by atoms with Crippen LogP contribution in [0.15, 0.2) is 0 Å². The van der Waals surface area contributed by atoms with Gasteiger partial charge in [-0.25, -0.2) is 9.59 Å². The summed E-state index contributed by atoms with van der Waals surface area (Å²) in [5, 5.41) is 8.41. The average molecular weight is 161 g/mol. The molecule has 1 aliphatic rings. The highest BCUT2D eigenvalue weighted by atomic mass is 16.8. The lowest BCUT2D eigenvalue weighted by Gasteiger charge is -2.16. The van der Waals surface area contributed by atoms with Gasteiger partial charge in [0.25, 0.3) is 0 Å². The minimum absolute atomic E-state index is 0.0400. The zero-order valence-electron chi connectivity index (χ0n) is 5.81. The lowest BCUT2D eigenvalue weighted by Crippen LogP contribution is -2.37. The van der Waals surface area contributed by atoms with Gasteiger partial charge in [-0.15, -0.1) is 0 Å². The Bertz CT molecular complexity index is 191. The van der Waals surface area contributed by atoms with Crippen LogP contribution in [0.2, 0.25) is 0 Å². The van der Waals surface area contributed by atoms with Gasteiger partial charge in [-0.05, 0) is 0 Å². The first kappa shape index (κ1) is 7.64. The molecule has 1 unspecified atom stereocenters. The SMILES string of the molecule is CN(C(=O)O)C1COC(=O)O1. The second-order valence-corrected chi connectivity index (χ2v) is 2.03. The third-order valence-electron chi connectivity index (χ3n) is 1.31. The summed E-state index contributed by atoms with van der Waals surface area (Å²) in [5.41, 5.74) is 0. The molecule has 0 spiro atoms. The molecule has 0 saturated carbocycles. The van der Waals surface area contributed by atoms with Crippen LogP contribution in [0.1, 0.15) is 0 Å². The first-order valence-corrected chi connectivity index (χ1v) is 2.90. The number of rotatable bonds is 1. The van der Waals surface area contributed by atoms with Gasteiger partial charge in [-0.1, -0.05) is 0 Å². The van der Waals surface area contributed by atoms with E-state index in [4.69, 9.17) is 5.11 Å². The van der Waals surface area contributed by atoms with E-state index in [1.807, 2.05) is 0 Å². The maximum Gasteiger partial charge on any atom is 0.510 e. The second-order valence-electron chi connectivity index (χ2n) is 2.03. The topological polar surface area (TPSA) is 76.1 Å². The van der Waals surface area contributed by atoms with Crippen LogP contribution in [0, 0.1) is 0 Å². The molecule has 1 saturated heterocycles. The summed E-state index contributed by atoms with van der Waals surface area (Å²) in [5.74, 6) is 0. The van der Waals surface area contributed by atoms with Crippen LogP contribution in [-0.2, 0) is 9.47 Å². The Kier molecular flexibility index (Phi) is 1.84. The van der Waals surface area contributed by atoms with Gasteiger partial charge >= 0.3 is 12.2 Å². The molecule has 62 valence electrons. The van der Waals surface area contributed by atoms with E-state index in [1.54, 1.807) is 0 Å². The molecule has 1 aliphatic heterocycles. The molecule has 0 aromatic heterocycles. The molecule has 1 heterocycles. The molecule has 1 fully saturated rings. The van der Waals surface area contributed by atoms with Crippen molar-refractivity contribution in [1.29, 1.82) is 0 Å². The molecular formula is C5H7NO5. The van der Waals surface area contributed by atoms with Crippen LogP contribution in [0.4, 0.5) is 9.59 Å². The molecule has 1 atom stereocenters. The molecule has 11 heavy (non-hydrogen) atoms. The van der Waals surface area contributed by atoms with E-state index in [1.165, 1.54) is 7.05 Å². The molecule has 0 bridgehead atoms. The highest BCUT2D eigenvalue weighted by Crippen LogP contribution is 2.09. The van der Waals surface area contributed by atoms with E-state index in [-0.39, 0.29) is 6.61 Å². The van der Waals surface area contributed by atoms with Gasteiger partial charge in [0, 0.05) is 7.05 Å². The fraction of sp³-hybridized carbons (Fsp3) is 0.600. The van der Waals surface area contributed by atoms with E-state index in [0.717, 1.165) is 4.90 Å². The number of hydrogen-bond acceptors (Lipinski definition) is 4. The van der Waals surface area contributed by atoms with Gasteiger partial charge in [-0.2, -0.15) is 0 Å². The molecule has 0 aromatic carbocycles. The lowest BCUT2D eigenvalue weighted by atomic mass is 10.5. The van der Waals surface area contributed by atoms with Gasteiger partial charge in [0.2, 0.25) is 6.23 Å². The Labute approximate surface area is 62.3 Å². The van der Waals surface area contributed by atoms with Gasteiger partial charge in [0.15, 0.2) is 6.61 Å². The largest absolute Gasteiger partial charge is 0.510 e. The van der Waals surface area contributed by atoms with Crippen molar-refractivity contribution in [2.24, 2.45) is 0 Å². The maximum absolute atomic E-state index is 10.3. The number of nitrogens with zero attached hydrogens (tertiary/aromatic N) is 1. The lowest BCUT2D eigenvalue weighted by molar-refractivity contribution is 0.0415. The number of carboxylic acid groups (broad SMARTS) is 1. The number of carbonyl (C=O) groups excluding carboxylic acids is 1. The van der Waals surface area contributed by atoms with Crippen LogP contribution >= 0.6 is 0 Å². The van der Waals surface area contributed by atoms with E-state index >= 15 is 0 Å². The minimum Gasteiger partial charge on any atom is -0.465 e. The highest BCUT2D eigenvalue weighted by Gasteiger charge is 2.30. The first-order chi connectivity index (χ1) is 5.11. The Morgan fingerprint density at radius 3 is 2.82 bits per heavy atom. The van der Waals surface area contributed by atoms with E-state index in [0.29, 0.717) is 0 Å².